The number of aliphatic carboxylic acids is 1. The predicted molar refractivity (Wildman–Crippen MR) is 90.2 cm³/mol. The van der Waals surface area contributed by atoms with Gasteiger partial charge in [-0.1, -0.05) is 30.3 Å². The monoisotopic (exact) mass is 334 g/mol. The zero-order valence-electron chi connectivity index (χ0n) is 13.0. The van der Waals surface area contributed by atoms with Gasteiger partial charge in [0.2, 0.25) is 5.91 Å². The molecule has 25 heavy (non-hydrogen) atoms. The van der Waals surface area contributed by atoms with Crippen LogP contribution in [0, 0.1) is 11.8 Å². The molecule has 0 radical (unpaired) electrons. The highest BCUT2D eigenvalue weighted by Crippen LogP contribution is 2.57. The van der Waals surface area contributed by atoms with Crippen molar-refractivity contribution >= 4 is 34.0 Å². The van der Waals surface area contributed by atoms with E-state index in [9.17, 15) is 14.7 Å². The second-order valence-corrected chi connectivity index (χ2v) is 7.07. The Balaban J connectivity index is 1.61. The number of carbonyl (C=O) groups is 2. The van der Waals surface area contributed by atoms with Gasteiger partial charge in [-0.25, -0.2) is 0 Å². The maximum atomic E-state index is 13.3. The van der Waals surface area contributed by atoms with Crippen molar-refractivity contribution in [2.75, 3.05) is 10.2 Å². The molecule has 2 bridgehead atoms. The van der Waals surface area contributed by atoms with Crippen molar-refractivity contribution in [2.24, 2.45) is 11.8 Å². The third-order valence-electron chi connectivity index (χ3n) is 5.99. The average molecular weight is 334 g/mol. The number of hydrogen-bond acceptors (Lipinski definition) is 4. The molecule has 0 aromatic heterocycles. The van der Waals surface area contributed by atoms with Gasteiger partial charge in [-0.15, -0.1) is 0 Å². The number of amides is 1. The lowest BCUT2D eigenvalue weighted by molar-refractivity contribution is -0.146. The number of benzene rings is 2. The zero-order valence-corrected chi connectivity index (χ0v) is 13.0. The maximum Gasteiger partial charge on any atom is 0.310 e. The van der Waals surface area contributed by atoms with Crippen LogP contribution < -0.4 is 10.2 Å². The van der Waals surface area contributed by atoms with Crippen molar-refractivity contribution in [3.8, 4) is 0 Å². The molecule has 4 aliphatic rings. The van der Waals surface area contributed by atoms with E-state index in [1.54, 1.807) is 11.0 Å². The number of nitrogens with one attached hydrogen (secondary N) is 1. The summed E-state index contributed by atoms with van der Waals surface area (Å²) in [5.41, 5.74) is 0.826. The lowest BCUT2D eigenvalue weighted by Crippen LogP contribution is -2.51. The molecule has 1 spiro atoms. The van der Waals surface area contributed by atoms with Crippen molar-refractivity contribution in [3.05, 3.63) is 48.6 Å². The van der Waals surface area contributed by atoms with E-state index in [0.29, 0.717) is 0 Å². The van der Waals surface area contributed by atoms with Gasteiger partial charge in [0.25, 0.3) is 0 Å². The number of rotatable bonds is 1. The first-order chi connectivity index (χ1) is 12.1. The summed E-state index contributed by atoms with van der Waals surface area (Å²) in [5, 5.41) is 15.1. The van der Waals surface area contributed by atoms with Gasteiger partial charge in [0.1, 0.15) is 17.7 Å². The largest absolute Gasteiger partial charge is 0.481 e. The molecule has 2 fully saturated rings. The molecule has 2 aromatic carbocycles. The summed E-state index contributed by atoms with van der Waals surface area (Å²) >= 11 is 0. The fourth-order valence-corrected chi connectivity index (χ4v) is 5.06. The third-order valence-corrected chi connectivity index (χ3v) is 5.99. The zero-order chi connectivity index (χ0) is 16.9. The van der Waals surface area contributed by atoms with E-state index in [0.717, 1.165) is 22.1 Å². The molecule has 0 unspecified atom stereocenters. The van der Waals surface area contributed by atoms with Crippen LogP contribution in [0.15, 0.2) is 48.6 Å². The number of carboxylic acid groups (broad SMARTS) is 1. The Morgan fingerprint density at radius 1 is 1.24 bits per heavy atom. The van der Waals surface area contributed by atoms with Crippen LogP contribution in [0.1, 0.15) is 0 Å². The Kier molecular flexibility index (Phi) is 2.16. The van der Waals surface area contributed by atoms with Gasteiger partial charge in [0.15, 0.2) is 0 Å². The molecule has 2 N–H and O–H groups in total. The number of anilines is 2. The van der Waals surface area contributed by atoms with Crippen LogP contribution in [0.3, 0.4) is 0 Å². The molecule has 2 aromatic rings. The van der Waals surface area contributed by atoms with Crippen LogP contribution in [0.4, 0.5) is 11.4 Å². The number of fused-ring (bicyclic) bond motifs is 3. The van der Waals surface area contributed by atoms with E-state index >= 15 is 0 Å². The lowest BCUT2D eigenvalue weighted by Gasteiger charge is -2.38. The number of ether oxygens (including phenoxy) is 1. The number of nitrogens with zero attached hydrogens (tertiary/aromatic N) is 1. The molecule has 124 valence electrons. The molecule has 6 heteroatoms. The Hall–Kier alpha value is -2.86. The van der Waals surface area contributed by atoms with E-state index in [4.69, 9.17) is 4.74 Å². The summed E-state index contributed by atoms with van der Waals surface area (Å²) in [6.07, 6.45) is 2.69. The van der Waals surface area contributed by atoms with Crippen molar-refractivity contribution in [2.45, 2.75) is 17.9 Å². The third kappa shape index (κ3) is 1.34. The van der Waals surface area contributed by atoms with Gasteiger partial charge in [0.05, 0.1) is 17.7 Å². The van der Waals surface area contributed by atoms with Gasteiger partial charge in [0, 0.05) is 11.1 Å². The predicted octanol–water partition coefficient (Wildman–Crippen LogP) is 1.96. The van der Waals surface area contributed by atoms with E-state index in [-0.39, 0.29) is 5.91 Å². The minimum atomic E-state index is -0.981. The minimum absolute atomic E-state index is 0.182. The second kappa shape index (κ2) is 4.03. The minimum Gasteiger partial charge on any atom is -0.481 e. The molecule has 4 heterocycles. The Bertz CT molecular complexity index is 1010. The van der Waals surface area contributed by atoms with Crippen LogP contribution in [0.25, 0.3) is 10.8 Å². The molecule has 6 rings (SSSR count). The quantitative estimate of drug-likeness (QED) is 0.780. The van der Waals surface area contributed by atoms with Gasteiger partial charge in [-0.05, 0) is 23.6 Å². The molecular formula is C19H14N2O4. The summed E-state index contributed by atoms with van der Waals surface area (Å²) in [7, 11) is 0. The smallest absolute Gasteiger partial charge is 0.310 e. The first-order valence-corrected chi connectivity index (χ1v) is 8.33. The van der Waals surface area contributed by atoms with E-state index < -0.39 is 35.7 Å². The first-order valence-electron chi connectivity index (χ1n) is 8.33. The van der Waals surface area contributed by atoms with Gasteiger partial charge in [-0.3, -0.25) is 14.5 Å². The van der Waals surface area contributed by atoms with Crippen LogP contribution in [0.2, 0.25) is 0 Å². The highest BCUT2D eigenvalue weighted by Gasteiger charge is 2.72. The fraction of sp³-hybridized carbons (Fsp3) is 0.263. The Morgan fingerprint density at radius 2 is 2.04 bits per heavy atom. The molecule has 0 saturated carbocycles. The first kappa shape index (κ1) is 13.4. The molecule has 6 nitrogen and oxygen atoms in total. The van der Waals surface area contributed by atoms with Crippen molar-refractivity contribution < 1.29 is 19.4 Å². The second-order valence-electron chi connectivity index (χ2n) is 7.07. The summed E-state index contributed by atoms with van der Waals surface area (Å²) in [4.78, 5) is 26.8. The molecule has 5 atom stereocenters. The molecule has 0 aliphatic carbocycles. The van der Waals surface area contributed by atoms with Crippen molar-refractivity contribution in [1.82, 2.24) is 0 Å². The summed E-state index contributed by atoms with van der Waals surface area (Å²) in [5.74, 6) is -2.71. The van der Waals surface area contributed by atoms with Gasteiger partial charge >= 0.3 is 5.97 Å². The van der Waals surface area contributed by atoms with E-state index in [1.807, 2.05) is 42.5 Å². The number of hydrogen-bond donors (Lipinski definition) is 2. The van der Waals surface area contributed by atoms with Crippen molar-refractivity contribution in [3.63, 3.8) is 0 Å². The van der Waals surface area contributed by atoms with E-state index in [2.05, 4.69) is 5.32 Å². The standard InChI is InChI=1S/C19H14N2O4/c22-16-15-14(17(23)24)12-7-8-19(15,25-12)18-20-10-5-1-3-9-4-2-6-11(13(9)10)21(16)18/h1-8,12,14-15,18,20H,(H,23,24)/t12-,14-,15+,18+,19+/m1/s1. The lowest BCUT2D eigenvalue weighted by atomic mass is 9.76. The van der Waals surface area contributed by atoms with Crippen molar-refractivity contribution in [1.29, 1.82) is 0 Å². The Labute approximate surface area is 142 Å². The Morgan fingerprint density at radius 3 is 2.84 bits per heavy atom. The summed E-state index contributed by atoms with van der Waals surface area (Å²) in [6, 6.07) is 11.8. The maximum absolute atomic E-state index is 13.3. The highest BCUT2D eigenvalue weighted by molar-refractivity contribution is 6.14. The molecular weight excluding hydrogens is 320 g/mol. The summed E-state index contributed by atoms with van der Waals surface area (Å²) in [6.45, 7) is 0. The van der Waals surface area contributed by atoms with Crippen LogP contribution in [-0.4, -0.2) is 34.9 Å². The highest BCUT2D eigenvalue weighted by atomic mass is 16.5. The van der Waals surface area contributed by atoms with Gasteiger partial charge < -0.3 is 15.2 Å². The van der Waals surface area contributed by atoms with Crippen LogP contribution in [0.5, 0.6) is 0 Å². The van der Waals surface area contributed by atoms with E-state index in [1.165, 1.54) is 0 Å². The van der Waals surface area contributed by atoms with Gasteiger partial charge in [-0.2, -0.15) is 0 Å². The normalized spacial score (nSPS) is 36.5. The molecule has 1 amide bonds. The van der Waals surface area contributed by atoms with Crippen LogP contribution >= 0.6 is 0 Å². The number of carboxylic acids is 1. The van der Waals surface area contributed by atoms with Crippen LogP contribution in [-0.2, 0) is 14.3 Å². The molecule has 4 aliphatic heterocycles. The SMILES string of the molecule is O=C(O)[C@H]1[C@H]2C(=O)N3c4cccc5cccc(c45)N[C@@H]3[C@]23C=C[C@H]1O3. The number of carbonyl (C=O) groups excluding carboxylic acids is 1. The molecule has 2 saturated heterocycles. The average Bonchev–Trinajstić information content (AvgIpc) is 3.25. The topological polar surface area (TPSA) is 78.9 Å². The fourth-order valence-electron chi connectivity index (χ4n) is 5.06. The summed E-state index contributed by atoms with van der Waals surface area (Å²) < 4.78 is 6.09.